The molecule has 0 radical (unpaired) electrons. The van der Waals surface area contributed by atoms with Gasteiger partial charge in [-0.1, -0.05) is 18.2 Å². The third-order valence-corrected chi connectivity index (χ3v) is 2.68. The molecule has 0 bridgehead atoms. The van der Waals surface area contributed by atoms with Crippen LogP contribution in [0, 0.1) is 6.92 Å². The zero-order valence-electron chi connectivity index (χ0n) is 9.56. The number of ether oxygens (including phenoxy) is 1. The van der Waals surface area contributed by atoms with Crippen molar-refractivity contribution in [3.63, 3.8) is 0 Å². The molecule has 1 aromatic heterocycles. The lowest BCUT2D eigenvalue weighted by molar-refractivity contribution is 0.0959. The van der Waals surface area contributed by atoms with Crippen molar-refractivity contribution in [3.8, 4) is 0 Å². The summed E-state index contributed by atoms with van der Waals surface area (Å²) >= 11 is 0. The average molecular weight is 220 g/mol. The summed E-state index contributed by atoms with van der Waals surface area (Å²) in [5.41, 5.74) is 1.94. The first-order valence-electron chi connectivity index (χ1n) is 5.38. The highest BCUT2D eigenvalue weighted by Crippen LogP contribution is 2.27. The van der Waals surface area contributed by atoms with E-state index in [0.717, 1.165) is 16.5 Å². The maximum absolute atomic E-state index is 9.87. The third-order valence-electron chi connectivity index (χ3n) is 2.68. The van der Waals surface area contributed by atoms with Gasteiger partial charge in [0.2, 0.25) is 0 Å². The number of methoxy groups -OCH3 is 1. The number of benzene rings is 1. The molecule has 0 amide bonds. The molecule has 0 saturated carbocycles. The number of para-hydroxylation sites is 1. The summed E-state index contributed by atoms with van der Waals surface area (Å²) < 4.78 is 10.6. The molecule has 0 spiro atoms. The van der Waals surface area contributed by atoms with Crippen LogP contribution in [0.4, 0.5) is 0 Å². The maximum atomic E-state index is 9.87. The molecular weight excluding hydrogens is 204 g/mol. The normalized spacial score (nSPS) is 13.2. The second-order valence-electron chi connectivity index (χ2n) is 3.94. The lowest BCUT2D eigenvalue weighted by Crippen LogP contribution is -2.00. The average Bonchev–Trinajstić information content (AvgIpc) is 2.71. The molecule has 0 aliphatic carbocycles. The summed E-state index contributed by atoms with van der Waals surface area (Å²) in [6, 6.07) is 7.86. The molecule has 3 heteroatoms. The molecule has 1 atom stereocenters. The summed E-state index contributed by atoms with van der Waals surface area (Å²) in [4.78, 5) is 0. The summed E-state index contributed by atoms with van der Waals surface area (Å²) in [6.45, 7) is 2.52. The molecular formula is C13H16O3. The van der Waals surface area contributed by atoms with E-state index in [9.17, 15) is 5.11 Å². The summed E-state index contributed by atoms with van der Waals surface area (Å²) in [6.07, 6.45) is -0.0400. The Balaban J connectivity index is 2.29. The predicted molar refractivity (Wildman–Crippen MR) is 62.4 cm³/mol. The third kappa shape index (κ3) is 2.10. The molecule has 0 aliphatic heterocycles. The molecule has 86 valence electrons. The molecule has 0 fully saturated rings. The summed E-state index contributed by atoms with van der Waals surface area (Å²) in [5, 5.41) is 10.9. The number of hydrogen-bond donors (Lipinski definition) is 1. The number of hydrogen-bond acceptors (Lipinski definition) is 3. The van der Waals surface area contributed by atoms with E-state index in [-0.39, 0.29) is 0 Å². The van der Waals surface area contributed by atoms with Gasteiger partial charge < -0.3 is 14.3 Å². The lowest BCUT2D eigenvalue weighted by atomic mass is 10.1. The quantitative estimate of drug-likeness (QED) is 0.861. The van der Waals surface area contributed by atoms with Crippen LogP contribution < -0.4 is 0 Å². The second kappa shape index (κ2) is 4.68. The van der Waals surface area contributed by atoms with E-state index in [1.807, 2.05) is 31.2 Å². The van der Waals surface area contributed by atoms with Gasteiger partial charge in [-0.3, -0.25) is 0 Å². The Morgan fingerprint density at radius 2 is 2.25 bits per heavy atom. The van der Waals surface area contributed by atoms with E-state index in [4.69, 9.17) is 9.15 Å². The lowest BCUT2D eigenvalue weighted by Gasteiger charge is -2.05. The number of aliphatic hydroxyl groups excluding tert-OH is 1. The van der Waals surface area contributed by atoms with Crippen LogP contribution in [0.25, 0.3) is 11.0 Å². The topological polar surface area (TPSA) is 42.6 Å². The van der Waals surface area contributed by atoms with Gasteiger partial charge in [-0.15, -0.1) is 0 Å². The molecule has 1 N–H and O–H groups in total. The van der Waals surface area contributed by atoms with E-state index in [1.54, 1.807) is 7.11 Å². The Bertz CT molecular complexity index is 473. The fourth-order valence-corrected chi connectivity index (χ4v) is 1.76. The molecule has 1 aromatic carbocycles. The Morgan fingerprint density at radius 1 is 1.44 bits per heavy atom. The first-order valence-corrected chi connectivity index (χ1v) is 5.38. The van der Waals surface area contributed by atoms with Gasteiger partial charge in [0, 0.05) is 25.5 Å². The van der Waals surface area contributed by atoms with Crippen LogP contribution in [-0.4, -0.2) is 18.8 Å². The Labute approximate surface area is 94.6 Å². The molecule has 1 heterocycles. The van der Waals surface area contributed by atoms with Crippen molar-refractivity contribution in [1.29, 1.82) is 0 Å². The Morgan fingerprint density at radius 3 is 2.94 bits per heavy atom. The molecule has 3 nitrogen and oxygen atoms in total. The Hall–Kier alpha value is -1.32. The molecule has 0 saturated heterocycles. The van der Waals surface area contributed by atoms with Crippen LogP contribution in [0.3, 0.4) is 0 Å². The minimum absolute atomic E-state index is 0.525. The molecule has 0 aliphatic rings. The number of furan rings is 1. The van der Waals surface area contributed by atoms with Gasteiger partial charge in [-0.2, -0.15) is 0 Å². The van der Waals surface area contributed by atoms with Crippen molar-refractivity contribution in [2.24, 2.45) is 0 Å². The first-order chi connectivity index (χ1) is 7.72. The predicted octanol–water partition coefficient (Wildman–Crippen LogP) is 2.81. The van der Waals surface area contributed by atoms with Crippen LogP contribution in [0.2, 0.25) is 0 Å². The van der Waals surface area contributed by atoms with Crippen LogP contribution in [-0.2, 0) is 4.74 Å². The van der Waals surface area contributed by atoms with Crippen molar-refractivity contribution < 1.29 is 14.3 Å². The van der Waals surface area contributed by atoms with Gasteiger partial charge in [0.1, 0.15) is 17.4 Å². The number of aliphatic hydroxyl groups is 1. The van der Waals surface area contributed by atoms with E-state index in [0.29, 0.717) is 18.8 Å². The SMILES string of the molecule is COCCC(O)c1cc2cccc(C)c2o1. The van der Waals surface area contributed by atoms with Crippen LogP contribution >= 0.6 is 0 Å². The largest absolute Gasteiger partial charge is 0.458 e. The fraction of sp³-hybridized carbons (Fsp3) is 0.385. The number of rotatable bonds is 4. The number of fused-ring (bicyclic) bond motifs is 1. The fourth-order valence-electron chi connectivity index (χ4n) is 1.76. The van der Waals surface area contributed by atoms with Gasteiger partial charge >= 0.3 is 0 Å². The van der Waals surface area contributed by atoms with Crippen LogP contribution in [0.1, 0.15) is 23.8 Å². The van der Waals surface area contributed by atoms with Gasteiger partial charge in [-0.05, 0) is 18.6 Å². The minimum atomic E-state index is -0.591. The molecule has 2 rings (SSSR count). The highest BCUT2D eigenvalue weighted by atomic mass is 16.5. The van der Waals surface area contributed by atoms with Crippen molar-refractivity contribution in [2.75, 3.05) is 13.7 Å². The van der Waals surface area contributed by atoms with Crippen molar-refractivity contribution in [3.05, 3.63) is 35.6 Å². The highest BCUT2D eigenvalue weighted by Gasteiger charge is 2.13. The van der Waals surface area contributed by atoms with Crippen molar-refractivity contribution >= 4 is 11.0 Å². The van der Waals surface area contributed by atoms with Crippen molar-refractivity contribution in [1.82, 2.24) is 0 Å². The second-order valence-corrected chi connectivity index (χ2v) is 3.94. The van der Waals surface area contributed by atoms with E-state index in [2.05, 4.69) is 0 Å². The molecule has 2 aromatic rings. The molecule has 1 unspecified atom stereocenters. The van der Waals surface area contributed by atoms with E-state index >= 15 is 0 Å². The monoisotopic (exact) mass is 220 g/mol. The smallest absolute Gasteiger partial charge is 0.137 e. The Kier molecular flexibility index (Phi) is 3.27. The first kappa shape index (κ1) is 11.2. The maximum Gasteiger partial charge on any atom is 0.137 e. The summed E-state index contributed by atoms with van der Waals surface area (Å²) in [7, 11) is 1.62. The van der Waals surface area contributed by atoms with Crippen LogP contribution in [0.5, 0.6) is 0 Å². The van der Waals surface area contributed by atoms with Gasteiger partial charge in [-0.25, -0.2) is 0 Å². The van der Waals surface area contributed by atoms with Gasteiger partial charge in [0.05, 0.1) is 0 Å². The van der Waals surface area contributed by atoms with Crippen molar-refractivity contribution in [2.45, 2.75) is 19.4 Å². The van der Waals surface area contributed by atoms with E-state index < -0.39 is 6.10 Å². The number of aryl methyl sites for hydroxylation is 1. The highest BCUT2D eigenvalue weighted by molar-refractivity contribution is 5.80. The van der Waals surface area contributed by atoms with Gasteiger partial charge in [0.15, 0.2) is 0 Å². The molecule has 16 heavy (non-hydrogen) atoms. The standard InChI is InChI=1S/C13H16O3/c1-9-4-3-5-10-8-12(16-13(9)10)11(14)6-7-15-2/h3-5,8,11,14H,6-7H2,1-2H3. The van der Waals surface area contributed by atoms with E-state index in [1.165, 1.54) is 0 Å². The van der Waals surface area contributed by atoms with Crippen LogP contribution in [0.15, 0.2) is 28.7 Å². The summed E-state index contributed by atoms with van der Waals surface area (Å²) in [5.74, 6) is 0.612. The zero-order chi connectivity index (χ0) is 11.5. The minimum Gasteiger partial charge on any atom is -0.458 e. The van der Waals surface area contributed by atoms with Gasteiger partial charge in [0.25, 0.3) is 0 Å². The zero-order valence-corrected chi connectivity index (χ0v) is 9.56.